The number of β-amino-alcohol motifs (C(OH)–C–C–N with tert-alkyl or cyclic N) is 1. The van der Waals surface area contributed by atoms with E-state index in [-0.39, 0.29) is 12.6 Å². The van der Waals surface area contributed by atoms with E-state index in [1.165, 1.54) is 5.06 Å². The first-order valence-electron chi connectivity index (χ1n) is 5.99. The Labute approximate surface area is 106 Å². The van der Waals surface area contributed by atoms with Crippen LogP contribution in [0.3, 0.4) is 0 Å². The van der Waals surface area contributed by atoms with Crippen molar-refractivity contribution >= 4 is 5.97 Å². The summed E-state index contributed by atoms with van der Waals surface area (Å²) >= 11 is 0. The van der Waals surface area contributed by atoms with Crippen molar-refractivity contribution in [3.8, 4) is 0 Å². The summed E-state index contributed by atoms with van der Waals surface area (Å²) in [6, 6.07) is 8.48. The van der Waals surface area contributed by atoms with Crippen LogP contribution in [0.2, 0.25) is 0 Å². The molecule has 5 heteroatoms. The quantitative estimate of drug-likeness (QED) is 0.801. The van der Waals surface area contributed by atoms with Gasteiger partial charge in [-0.1, -0.05) is 18.2 Å². The molecule has 2 atom stereocenters. The Bertz CT molecular complexity index is 420. The number of nitrogens with two attached hydrogens (primary N) is 1. The number of rotatable bonds is 2. The largest absolute Gasteiger partial charge is 0.387 e. The smallest absolute Gasteiger partial charge is 0.357 e. The van der Waals surface area contributed by atoms with Crippen molar-refractivity contribution in [2.75, 3.05) is 13.1 Å². The van der Waals surface area contributed by atoms with Crippen LogP contribution in [0.25, 0.3) is 0 Å². The Morgan fingerprint density at radius 2 is 2.17 bits per heavy atom. The fraction of sp³-hybridized carbons (Fsp3) is 0.462. The van der Waals surface area contributed by atoms with Crippen LogP contribution < -0.4 is 5.73 Å². The predicted molar refractivity (Wildman–Crippen MR) is 66.6 cm³/mol. The van der Waals surface area contributed by atoms with E-state index in [9.17, 15) is 9.90 Å². The number of carbonyl (C=O) groups excluding carboxylic acids is 1. The predicted octanol–water partition coefficient (Wildman–Crippen LogP) is 0.542. The number of piperidine rings is 1. The molecule has 1 aliphatic heterocycles. The third-order valence-corrected chi connectivity index (χ3v) is 3.21. The SMILES string of the molecule is C[C@@]1(O)CN(OC(=O)c2ccccc2)CC[C@H]1N. The molecule has 1 heterocycles. The average Bonchev–Trinajstić information content (AvgIpc) is 2.34. The first kappa shape index (κ1) is 13.0. The highest BCUT2D eigenvalue weighted by atomic mass is 16.7. The molecule has 18 heavy (non-hydrogen) atoms. The van der Waals surface area contributed by atoms with Crippen molar-refractivity contribution in [2.45, 2.75) is 25.0 Å². The van der Waals surface area contributed by atoms with Gasteiger partial charge in [-0.2, -0.15) is 0 Å². The first-order chi connectivity index (χ1) is 8.49. The third-order valence-electron chi connectivity index (χ3n) is 3.21. The van der Waals surface area contributed by atoms with Crippen molar-refractivity contribution in [3.63, 3.8) is 0 Å². The Morgan fingerprint density at radius 3 is 2.78 bits per heavy atom. The van der Waals surface area contributed by atoms with Crippen LogP contribution in [0.4, 0.5) is 0 Å². The average molecular weight is 250 g/mol. The summed E-state index contributed by atoms with van der Waals surface area (Å²) in [7, 11) is 0. The number of carbonyl (C=O) groups is 1. The third kappa shape index (κ3) is 2.87. The minimum absolute atomic E-state index is 0.229. The lowest BCUT2D eigenvalue weighted by Crippen LogP contribution is -2.58. The molecule has 0 bridgehead atoms. The summed E-state index contributed by atoms with van der Waals surface area (Å²) in [5.41, 5.74) is 5.26. The topological polar surface area (TPSA) is 75.8 Å². The van der Waals surface area contributed by atoms with Crippen LogP contribution in [-0.4, -0.2) is 40.9 Å². The molecule has 0 saturated carbocycles. The van der Waals surface area contributed by atoms with Gasteiger partial charge in [0.15, 0.2) is 0 Å². The van der Waals surface area contributed by atoms with Gasteiger partial charge >= 0.3 is 5.97 Å². The molecule has 2 rings (SSSR count). The molecule has 1 aromatic rings. The summed E-state index contributed by atoms with van der Waals surface area (Å²) in [4.78, 5) is 17.1. The number of aliphatic hydroxyl groups is 1. The van der Waals surface area contributed by atoms with Gasteiger partial charge in [0.05, 0.1) is 17.7 Å². The molecule has 5 nitrogen and oxygen atoms in total. The molecule has 3 N–H and O–H groups in total. The van der Waals surface area contributed by atoms with Crippen LogP contribution >= 0.6 is 0 Å². The highest BCUT2D eigenvalue weighted by Crippen LogP contribution is 2.20. The summed E-state index contributed by atoms with van der Waals surface area (Å²) < 4.78 is 0. The maximum Gasteiger partial charge on any atom is 0.357 e. The minimum atomic E-state index is -1.03. The molecular formula is C13H18N2O3. The van der Waals surface area contributed by atoms with Gasteiger partial charge in [-0.25, -0.2) is 4.79 Å². The number of hydrogen-bond donors (Lipinski definition) is 2. The maximum atomic E-state index is 11.8. The second kappa shape index (κ2) is 5.06. The molecule has 1 aromatic carbocycles. The molecule has 98 valence electrons. The molecular weight excluding hydrogens is 232 g/mol. The highest BCUT2D eigenvalue weighted by molar-refractivity contribution is 5.89. The van der Waals surface area contributed by atoms with E-state index in [1.807, 2.05) is 6.07 Å². The molecule has 1 aliphatic rings. The Balaban J connectivity index is 1.97. The molecule has 1 saturated heterocycles. The zero-order chi connectivity index (χ0) is 13.2. The van der Waals surface area contributed by atoms with Crippen molar-refractivity contribution in [1.29, 1.82) is 0 Å². The number of hydroxylamine groups is 2. The van der Waals surface area contributed by atoms with Gasteiger partial charge in [-0.3, -0.25) is 0 Å². The van der Waals surface area contributed by atoms with E-state index >= 15 is 0 Å². The zero-order valence-corrected chi connectivity index (χ0v) is 10.4. The summed E-state index contributed by atoms with van der Waals surface area (Å²) in [6.45, 7) is 2.42. The van der Waals surface area contributed by atoms with E-state index in [0.29, 0.717) is 18.5 Å². The van der Waals surface area contributed by atoms with Crippen LogP contribution in [0.15, 0.2) is 30.3 Å². The van der Waals surface area contributed by atoms with Gasteiger partial charge in [0, 0.05) is 12.6 Å². The Hall–Kier alpha value is -1.43. The molecule has 0 aliphatic carbocycles. The summed E-state index contributed by atoms with van der Waals surface area (Å²) in [5.74, 6) is -0.415. The van der Waals surface area contributed by atoms with Crippen molar-refractivity contribution < 1.29 is 14.7 Å². The van der Waals surface area contributed by atoms with Crippen LogP contribution in [0.1, 0.15) is 23.7 Å². The van der Waals surface area contributed by atoms with Gasteiger partial charge in [0.1, 0.15) is 0 Å². The van der Waals surface area contributed by atoms with E-state index in [2.05, 4.69) is 0 Å². The zero-order valence-electron chi connectivity index (χ0n) is 10.4. The normalized spacial score (nSPS) is 28.9. The van der Waals surface area contributed by atoms with Gasteiger partial charge in [-0.15, -0.1) is 5.06 Å². The molecule has 0 aromatic heterocycles. The number of nitrogens with zero attached hydrogens (tertiary/aromatic N) is 1. The van der Waals surface area contributed by atoms with Gasteiger partial charge in [0.2, 0.25) is 0 Å². The maximum absolute atomic E-state index is 11.8. The second-order valence-corrected chi connectivity index (χ2v) is 4.86. The fourth-order valence-corrected chi connectivity index (χ4v) is 1.97. The summed E-state index contributed by atoms with van der Waals surface area (Å²) in [5, 5.41) is 11.5. The van der Waals surface area contributed by atoms with Crippen molar-refractivity contribution in [1.82, 2.24) is 5.06 Å². The van der Waals surface area contributed by atoms with Crippen molar-refractivity contribution in [2.24, 2.45) is 5.73 Å². The minimum Gasteiger partial charge on any atom is -0.387 e. The van der Waals surface area contributed by atoms with Crippen LogP contribution in [0.5, 0.6) is 0 Å². The fourth-order valence-electron chi connectivity index (χ4n) is 1.97. The van der Waals surface area contributed by atoms with Gasteiger partial charge in [0.25, 0.3) is 0 Å². The lowest BCUT2D eigenvalue weighted by atomic mass is 9.91. The molecule has 0 amide bonds. The van der Waals surface area contributed by atoms with E-state index in [1.54, 1.807) is 31.2 Å². The van der Waals surface area contributed by atoms with E-state index in [4.69, 9.17) is 10.6 Å². The van der Waals surface area contributed by atoms with Gasteiger partial charge < -0.3 is 15.7 Å². The molecule has 0 spiro atoms. The van der Waals surface area contributed by atoms with Crippen LogP contribution in [0, 0.1) is 0 Å². The molecule has 1 fully saturated rings. The second-order valence-electron chi connectivity index (χ2n) is 4.86. The Morgan fingerprint density at radius 1 is 1.50 bits per heavy atom. The number of benzene rings is 1. The monoisotopic (exact) mass is 250 g/mol. The Kier molecular flexibility index (Phi) is 3.65. The standard InChI is InChI=1S/C13H18N2O3/c1-13(17)9-15(8-7-11(13)14)18-12(16)10-5-3-2-4-6-10/h2-6,11,17H,7-9,14H2,1H3/t11-,13-/m1/s1. The van der Waals surface area contributed by atoms with E-state index < -0.39 is 11.6 Å². The first-order valence-corrected chi connectivity index (χ1v) is 5.99. The lowest BCUT2D eigenvalue weighted by Gasteiger charge is -2.39. The highest BCUT2D eigenvalue weighted by Gasteiger charge is 2.37. The van der Waals surface area contributed by atoms with Crippen LogP contribution in [-0.2, 0) is 4.84 Å². The lowest BCUT2D eigenvalue weighted by molar-refractivity contribution is -0.170. The molecule has 0 radical (unpaired) electrons. The van der Waals surface area contributed by atoms with E-state index in [0.717, 1.165) is 0 Å². The summed E-state index contributed by atoms with van der Waals surface area (Å²) in [6.07, 6.45) is 0.592. The van der Waals surface area contributed by atoms with Crippen molar-refractivity contribution in [3.05, 3.63) is 35.9 Å². The number of hydrogen-bond acceptors (Lipinski definition) is 5. The van der Waals surface area contributed by atoms with Gasteiger partial charge in [-0.05, 0) is 25.5 Å². The molecule has 0 unspecified atom stereocenters.